The molecule has 0 saturated heterocycles. The van der Waals surface area contributed by atoms with Gasteiger partial charge in [-0.15, -0.1) is 11.3 Å². The number of hydrogen-bond acceptors (Lipinski definition) is 5. The van der Waals surface area contributed by atoms with Crippen molar-refractivity contribution < 1.29 is 9.53 Å². The van der Waals surface area contributed by atoms with Crippen molar-refractivity contribution in [2.45, 2.75) is 39.7 Å². The van der Waals surface area contributed by atoms with E-state index in [-0.39, 0.29) is 11.5 Å². The number of hydrogen-bond donors (Lipinski definition) is 0. The Bertz CT molecular complexity index is 1330. The van der Waals surface area contributed by atoms with Crippen molar-refractivity contribution >= 4 is 28.1 Å². The molecule has 0 bridgehead atoms. The van der Waals surface area contributed by atoms with E-state index in [0.717, 1.165) is 12.8 Å². The van der Waals surface area contributed by atoms with E-state index in [1.807, 2.05) is 78.7 Å². The molecule has 0 saturated carbocycles. The molecule has 0 N–H and O–H groups in total. The SMILES string of the molecule is CCCCN(C(=O)c1cccs1)C(C)c1nc2ccccc2c(=O)n1-c1ccccc1OCC. The summed E-state index contributed by atoms with van der Waals surface area (Å²) in [6.07, 6.45) is 1.81. The van der Waals surface area contributed by atoms with Crippen molar-refractivity contribution in [3.05, 3.63) is 87.1 Å². The van der Waals surface area contributed by atoms with Crippen LogP contribution in [-0.4, -0.2) is 33.5 Å². The molecule has 2 heterocycles. The van der Waals surface area contributed by atoms with E-state index in [0.29, 0.717) is 46.2 Å². The molecule has 4 rings (SSSR count). The molecule has 1 atom stereocenters. The van der Waals surface area contributed by atoms with Gasteiger partial charge in [0.25, 0.3) is 11.5 Å². The second kappa shape index (κ2) is 10.7. The highest BCUT2D eigenvalue weighted by molar-refractivity contribution is 7.12. The van der Waals surface area contributed by atoms with Crippen LogP contribution in [0.3, 0.4) is 0 Å². The lowest BCUT2D eigenvalue weighted by molar-refractivity contribution is 0.0683. The van der Waals surface area contributed by atoms with Gasteiger partial charge in [-0.05, 0) is 56.0 Å². The monoisotopic (exact) mass is 475 g/mol. The van der Waals surface area contributed by atoms with Gasteiger partial charge in [-0.2, -0.15) is 0 Å². The number of benzene rings is 2. The highest BCUT2D eigenvalue weighted by Crippen LogP contribution is 2.29. The Balaban J connectivity index is 1.94. The summed E-state index contributed by atoms with van der Waals surface area (Å²) in [5, 5.41) is 2.42. The topological polar surface area (TPSA) is 64.4 Å². The average molecular weight is 476 g/mol. The van der Waals surface area contributed by atoms with E-state index in [1.54, 1.807) is 10.6 Å². The first-order valence-corrected chi connectivity index (χ1v) is 12.5. The molecular weight excluding hydrogens is 446 g/mol. The minimum atomic E-state index is -0.437. The molecule has 1 unspecified atom stereocenters. The predicted molar refractivity (Wildman–Crippen MR) is 137 cm³/mol. The lowest BCUT2D eigenvalue weighted by Gasteiger charge is -2.30. The van der Waals surface area contributed by atoms with Crippen molar-refractivity contribution in [3.63, 3.8) is 0 Å². The molecule has 6 nitrogen and oxygen atoms in total. The third-order valence-electron chi connectivity index (χ3n) is 5.79. The van der Waals surface area contributed by atoms with E-state index < -0.39 is 6.04 Å². The highest BCUT2D eigenvalue weighted by Gasteiger charge is 2.28. The Kier molecular flexibility index (Phi) is 7.43. The number of nitrogens with zero attached hydrogens (tertiary/aromatic N) is 3. The molecule has 0 aliphatic rings. The van der Waals surface area contributed by atoms with Crippen molar-refractivity contribution in [1.29, 1.82) is 0 Å². The first-order valence-electron chi connectivity index (χ1n) is 11.6. The normalized spacial score (nSPS) is 12.0. The van der Waals surface area contributed by atoms with Crippen LogP contribution in [0.15, 0.2) is 70.8 Å². The van der Waals surface area contributed by atoms with Gasteiger partial charge < -0.3 is 9.64 Å². The number of rotatable bonds is 9. The van der Waals surface area contributed by atoms with Gasteiger partial charge in [0, 0.05) is 6.54 Å². The number of thiophene rings is 1. The summed E-state index contributed by atoms with van der Waals surface area (Å²) in [4.78, 5) is 34.7. The Hall–Kier alpha value is -3.45. The summed E-state index contributed by atoms with van der Waals surface area (Å²) >= 11 is 1.42. The van der Waals surface area contributed by atoms with Crippen LogP contribution in [0, 0.1) is 0 Å². The van der Waals surface area contributed by atoms with Gasteiger partial charge in [-0.3, -0.25) is 14.2 Å². The molecule has 2 aromatic carbocycles. The van der Waals surface area contributed by atoms with Crippen LogP contribution in [0.25, 0.3) is 16.6 Å². The first-order chi connectivity index (χ1) is 16.6. The van der Waals surface area contributed by atoms with E-state index in [2.05, 4.69) is 6.92 Å². The van der Waals surface area contributed by atoms with Crippen molar-refractivity contribution in [3.8, 4) is 11.4 Å². The molecule has 0 fully saturated rings. The molecule has 7 heteroatoms. The van der Waals surface area contributed by atoms with Gasteiger partial charge in [-0.25, -0.2) is 4.98 Å². The number of unbranched alkanes of at least 4 members (excludes halogenated alkanes) is 1. The third-order valence-corrected chi connectivity index (χ3v) is 6.65. The zero-order chi connectivity index (χ0) is 24.1. The number of carbonyl (C=O) groups is 1. The van der Waals surface area contributed by atoms with Gasteiger partial charge in [0.1, 0.15) is 11.6 Å². The number of para-hydroxylation sites is 3. The summed E-state index contributed by atoms with van der Waals surface area (Å²) in [5.41, 5.74) is 1.05. The van der Waals surface area contributed by atoms with E-state index in [4.69, 9.17) is 9.72 Å². The third kappa shape index (κ3) is 4.61. The van der Waals surface area contributed by atoms with Crippen LogP contribution in [-0.2, 0) is 0 Å². The summed E-state index contributed by atoms with van der Waals surface area (Å²) < 4.78 is 7.47. The Morgan fingerprint density at radius 1 is 1.09 bits per heavy atom. The van der Waals surface area contributed by atoms with Crippen molar-refractivity contribution in [1.82, 2.24) is 14.5 Å². The fourth-order valence-corrected chi connectivity index (χ4v) is 4.74. The molecular formula is C27H29N3O3S. The van der Waals surface area contributed by atoms with Gasteiger partial charge >= 0.3 is 0 Å². The molecule has 176 valence electrons. The lowest BCUT2D eigenvalue weighted by Crippen LogP contribution is -2.38. The Morgan fingerprint density at radius 3 is 2.59 bits per heavy atom. The standard InChI is InChI=1S/C27H29N3O3S/c1-4-6-17-29(27(32)24-16-11-18-34-24)19(3)25-28-21-13-8-7-12-20(21)26(31)30(25)22-14-9-10-15-23(22)33-5-2/h7-16,18-19H,4-6,17H2,1-3H3. The number of ether oxygens (including phenoxy) is 1. The van der Waals surface area contributed by atoms with Crippen LogP contribution in [0.1, 0.15) is 55.2 Å². The maximum atomic E-state index is 13.8. The molecule has 2 aromatic heterocycles. The zero-order valence-electron chi connectivity index (χ0n) is 19.7. The molecule has 1 amide bonds. The van der Waals surface area contributed by atoms with Gasteiger partial charge in [-0.1, -0.05) is 43.7 Å². The summed E-state index contributed by atoms with van der Waals surface area (Å²) in [6.45, 7) is 6.99. The minimum absolute atomic E-state index is 0.0528. The van der Waals surface area contributed by atoms with E-state index >= 15 is 0 Å². The van der Waals surface area contributed by atoms with Crippen LogP contribution in [0.5, 0.6) is 5.75 Å². The number of amides is 1. The Morgan fingerprint density at radius 2 is 1.85 bits per heavy atom. The maximum Gasteiger partial charge on any atom is 0.266 e. The van der Waals surface area contributed by atoms with E-state index in [9.17, 15) is 9.59 Å². The Labute approximate surface area is 203 Å². The first kappa shape index (κ1) is 23.7. The predicted octanol–water partition coefficient (Wildman–Crippen LogP) is 5.85. The van der Waals surface area contributed by atoms with Crippen LogP contribution >= 0.6 is 11.3 Å². The van der Waals surface area contributed by atoms with Gasteiger partial charge in [0.2, 0.25) is 0 Å². The molecule has 34 heavy (non-hydrogen) atoms. The fourth-order valence-electron chi connectivity index (χ4n) is 4.06. The van der Waals surface area contributed by atoms with Crippen LogP contribution in [0.2, 0.25) is 0 Å². The smallest absolute Gasteiger partial charge is 0.266 e. The molecule has 0 spiro atoms. The van der Waals surface area contributed by atoms with Crippen molar-refractivity contribution in [2.24, 2.45) is 0 Å². The minimum Gasteiger partial charge on any atom is -0.492 e. The molecule has 0 aliphatic carbocycles. The fraction of sp³-hybridized carbons (Fsp3) is 0.296. The quantitative estimate of drug-likeness (QED) is 0.305. The van der Waals surface area contributed by atoms with Crippen LogP contribution in [0.4, 0.5) is 0 Å². The molecule has 0 radical (unpaired) electrons. The summed E-state index contributed by atoms with van der Waals surface area (Å²) in [5.74, 6) is 1.06. The average Bonchev–Trinajstić information content (AvgIpc) is 3.40. The molecule has 4 aromatic rings. The zero-order valence-corrected chi connectivity index (χ0v) is 20.5. The summed E-state index contributed by atoms with van der Waals surface area (Å²) in [7, 11) is 0. The molecule has 0 aliphatic heterocycles. The van der Waals surface area contributed by atoms with Crippen LogP contribution < -0.4 is 10.3 Å². The lowest BCUT2D eigenvalue weighted by atomic mass is 10.1. The van der Waals surface area contributed by atoms with Crippen molar-refractivity contribution in [2.75, 3.05) is 13.2 Å². The number of fused-ring (bicyclic) bond motifs is 1. The number of aromatic nitrogens is 2. The second-order valence-corrected chi connectivity index (χ2v) is 8.98. The summed E-state index contributed by atoms with van der Waals surface area (Å²) in [6, 6.07) is 18.1. The highest BCUT2D eigenvalue weighted by atomic mass is 32.1. The maximum absolute atomic E-state index is 13.8. The largest absolute Gasteiger partial charge is 0.492 e. The number of carbonyl (C=O) groups excluding carboxylic acids is 1. The second-order valence-electron chi connectivity index (χ2n) is 8.03. The van der Waals surface area contributed by atoms with Gasteiger partial charge in [0.15, 0.2) is 0 Å². The van der Waals surface area contributed by atoms with Gasteiger partial charge in [0.05, 0.1) is 34.1 Å². The van der Waals surface area contributed by atoms with E-state index in [1.165, 1.54) is 11.3 Å².